The predicted molar refractivity (Wildman–Crippen MR) is 109 cm³/mol. The van der Waals surface area contributed by atoms with E-state index < -0.39 is 11.4 Å². The van der Waals surface area contributed by atoms with E-state index in [2.05, 4.69) is 10.2 Å². The number of carboxylic acids is 1. The van der Waals surface area contributed by atoms with Gasteiger partial charge in [-0.25, -0.2) is 4.99 Å². The summed E-state index contributed by atoms with van der Waals surface area (Å²) in [5.74, 6) is 1.30. The molecule has 2 heterocycles. The zero-order valence-electron chi connectivity index (χ0n) is 15.8. The Bertz CT molecular complexity index is 958. The Balaban J connectivity index is 1.77. The second-order valence-corrected chi connectivity index (χ2v) is 8.06. The van der Waals surface area contributed by atoms with Gasteiger partial charge in [-0.15, -0.1) is 0 Å². The second-order valence-electron chi connectivity index (χ2n) is 7.63. The highest BCUT2D eigenvalue weighted by molar-refractivity contribution is 6.31. The summed E-state index contributed by atoms with van der Waals surface area (Å²) in [6.07, 6.45) is 0. The van der Waals surface area contributed by atoms with Crippen molar-refractivity contribution in [2.75, 3.05) is 19.6 Å². The summed E-state index contributed by atoms with van der Waals surface area (Å²) in [7, 11) is 0. The third kappa shape index (κ3) is 3.34. The molecule has 0 saturated carbocycles. The highest BCUT2D eigenvalue weighted by Gasteiger charge is 2.40. The minimum atomic E-state index is -0.902. The summed E-state index contributed by atoms with van der Waals surface area (Å²) in [4.78, 5) is 18.7. The SMILES string of the molecule is CC(C)(C(=O)O)[C@H]1CN(C2=Nc3cc(Cl)ccc3Oc3ccccc32)CCN1. The Kier molecular flexibility index (Phi) is 4.77. The van der Waals surface area contributed by atoms with Gasteiger partial charge in [-0.05, 0) is 44.2 Å². The van der Waals surface area contributed by atoms with Gasteiger partial charge in [-0.3, -0.25) is 4.79 Å². The third-order valence-electron chi connectivity index (χ3n) is 5.39. The first-order valence-corrected chi connectivity index (χ1v) is 9.61. The molecule has 0 spiro atoms. The summed E-state index contributed by atoms with van der Waals surface area (Å²) in [5.41, 5.74) is 0.635. The molecule has 2 aromatic carbocycles. The van der Waals surface area contributed by atoms with Gasteiger partial charge >= 0.3 is 5.97 Å². The number of hydrogen-bond donors (Lipinski definition) is 2. The van der Waals surface area contributed by atoms with Crippen molar-refractivity contribution >= 4 is 29.1 Å². The fourth-order valence-electron chi connectivity index (χ4n) is 3.51. The predicted octanol–water partition coefficient (Wildman–Crippen LogP) is 3.91. The first-order chi connectivity index (χ1) is 13.4. The zero-order chi connectivity index (χ0) is 19.9. The Morgan fingerprint density at radius 1 is 1.29 bits per heavy atom. The van der Waals surface area contributed by atoms with Crippen molar-refractivity contribution in [3.8, 4) is 11.5 Å². The van der Waals surface area contributed by atoms with E-state index in [1.54, 1.807) is 26.0 Å². The van der Waals surface area contributed by atoms with Gasteiger partial charge in [0.15, 0.2) is 5.75 Å². The number of fused-ring (bicyclic) bond motifs is 2. The molecule has 2 aromatic rings. The smallest absolute Gasteiger partial charge is 0.310 e. The number of halogens is 1. The summed E-state index contributed by atoms with van der Waals surface area (Å²) >= 11 is 6.18. The molecule has 0 bridgehead atoms. The van der Waals surface area contributed by atoms with Crippen molar-refractivity contribution in [1.29, 1.82) is 0 Å². The second kappa shape index (κ2) is 7.11. The van der Waals surface area contributed by atoms with E-state index >= 15 is 0 Å². The third-order valence-corrected chi connectivity index (χ3v) is 5.63. The van der Waals surface area contributed by atoms with Crippen LogP contribution in [0.1, 0.15) is 19.4 Å². The van der Waals surface area contributed by atoms with Crippen molar-refractivity contribution in [3.63, 3.8) is 0 Å². The molecule has 0 aliphatic carbocycles. The molecular formula is C21H22ClN3O3. The van der Waals surface area contributed by atoms with Gasteiger partial charge in [-0.1, -0.05) is 23.7 Å². The first kappa shape index (κ1) is 18.8. The largest absolute Gasteiger partial charge is 0.481 e. The van der Waals surface area contributed by atoms with Crippen molar-refractivity contribution in [3.05, 3.63) is 53.1 Å². The van der Waals surface area contributed by atoms with Crippen LogP contribution in [0.2, 0.25) is 5.02 Å². The standard InChI is InChI=1S/C21H22ClN3O3/c1-21(2,20(26)27)18-12-25(10-9-23-18)19-14-5-3-4-6-16(14)28-17-8-7-13(22)11-15(17)24-19/h3-8,11,18,23H,9-10,12H2,1-2H3,(H,26,27)/t18-/m1/s1. The van der Waals surface area contributed by atoms with Crippen LogP contribution in [0.4, 0.5) is 5.69 Å². The van der Waals surface area contributed by atoms with Crippen molar-refractivity contribution < 1.29 is 14.6 Å². The molecule has 2 aliphatic rings. The zero-order valence-corrected chi connectivity index (χ0v) is 16.5. The van der Waals surface area contributed by atoms with Crippen LogP contribution < -0.4 is 10.1 Å². The molecule has 1 fully saturated rings. The number of piperazine rings is 1. The van der Waals surface area contributed by atoms with Crippen LogP contribution in [0, 0.1) is 5.41 Å². The van der Waals surface area contributed by atoms with Gasteiger partial charge < -0.3 is 20.1 Å². The molecule has 28 heavy (non-hydrogen) atoms. The molecule has 0 amide bonds. The number of aliphatic imine (C=N–C) groups is 1. The normalized spacial score (nSPS) is 19.0. The van der Waals surface area contributed by atoms with Gasteiger partial charge in [0.1, 0.15) is 17.3 Å². The Labute approximate surface area is 168 Å². The lowest BCUT2D eigenvalue weighted by Crippen LogP contribution is -2.59. The van der Waals surface area contributed by atoms with E-state index in [9.17, 15) is 9.90 Å². The lowest BCUT2D eigenvalue weighted by Gasteiger charge is -2.41. The van der Waals surface area contributed by atoms with Gasteiger partial charge in [0.2, 0.25) is 0 Å². The maximum Gasteiger partial charge on any atom is 0.310 e. The molecule has 2 N–H and O–H groups in total. The lowest BCUT2D eigenvalue weighted by molar-refractivity contribution is -0.149. The molecule has 1 saturated heterocycles. The average Bonchev–Trinajstić information content (AvgIpc) is 2.84. The van der Waals surface area contributed by atoms with E-state index in [4.69, 9.17) is 21.3 Å². The van der Waals surface area contributed by atoms with Gasteiger partial charge in [0.05, 0.1) is 11.0 Å². The average molecular weight is 400 g/mol. The van der Waals surface area contributed by atoms with E-state index in [1.807, 2.05) is 30.3 Å². The van der Waals surface area contributed by atoms with Crippen LogP contribution in [0.3, 0.4) is 0 Å². The van der Waals surface area contributed by atoms with Crippen molar-refractivity contribution in [1.82, 2.24) is 10.2 Å². The number of benzene rings is 2. The minimum Gasteiger partial charge on any atom is -0.481 e. The molecule has 0 aromatic heterocycles. The molecule has 146 valence electrons. The maximum atomic E-state index is 11.7. The fraction of sp³-hybridized carbons (Fsp3) is 0.333. The monoisotopic (exact) mass is 399 g/mol. The summed E-state index contributed by atoms with van der Waals surface area (Å²) < 4.78 is 6.10. The number of carbonyl (C=O) groups is 1. The highest BCUT2D eigenvalue weighted by atomic mass is 35.5. The van der Waals surface area contributed by atoms with Crippen LogP contribution in [-0.4, -0.2) is 47.5 Å². The number of nitrogens with one attached hydrogen (secondary N) is 1. The highest BCUT2D eigenvalue weighted by Crippen LogP contribution is 2.39. The molecule has 1 atom stereocenters. The fourth-order valence-corrected chi connectivity index (χ4v) is 3.68. The summed E-state index contributed by atoms with van der Waals surface area (Å²) in [6.45, 7) is 5.42. The number of nitrogens with zero attached hydrogens (tertiary/aromatic N) is 2. The number of rotatable bonds is 2. The Morgan fingerprint density at radius 3 is 2.86 bits per heavy atom. The van der Waals surface area contributed by atoms with E-state index in [0.717, 1.165) is 23.7 Å². The number of carboxylic acid groups (broad SMARTS) is 1. The first-order valence-electron chi connectivity index (χ1n) is 9.23. The summed E-state index contributed by atoms with van der Waals surface area (Å²) in [5, 5.41) is 13.6. The van der Waals surface area contributed by atoms with Crippen LogP contribution in [0.5, 0.6) is 11.5 Å². The van der Waals surface area contributed by atoms with Crippen LogP contribution in [0.25, 0.3) is 0 Å². The number of para-hydroxylation sites is 1. The Hall–Kier alpha value is -2.57. The lowest BCUT2D eigenvalue weighted by atomic mass is 9.83. The van der Waals surface area contributed by atoms with E-state index in [-0.39, 0.29) is 6.04 Å². The van der Waals surface area contributed by atoms with Gasteiger partial charge in [0.25, 0.3) is 0 Å². The maximum absolute atomic E-state index is 11.7. The van der Waals surface area contributed by atoms with Crippen LogP contribution >= 0.6 is 11.6 Å². The van der Waals surface area contributed by atoms with Crippen molar-refractivity contribution in [2.45, 2.75) is 19.9 Å². The van der Waals surface area contributed by atoms with Crippen molar-refractivity contribution in [2.24, 2.45) is 10.4 Å². The van der Waals surface area contributed by atoms with E-state index in [1.165, 1.54) is 0 Å². The minimum absolute atomic E-state index is 0.211. The topological polar surface area (TPSA) is 74.2 Å². The molecular weight excluding hydrogens is 378 g/mol. The number of hydrogen-bond acceptors (Lipinski definition) is 5. The van der Waals surface area contributed by atoms with Crippen LogP contribution in [-0.2, 0) is 4.79 Å². The molecule has 0 unspecified atom stereocenters. The molecule has 7 heteroatoms. The Morgan fingerprint density at radius 2 is 2.07 bits per heavy atom. The summed E-state index contributed by atoms with van der Waals surface area (Å²) in [6, 6.07) is 12.9. The van der Waals surface area contributed by atoms with Gasteiger partial charge in [0, 0.05) is 30.7 Å². The quantitative estimate of drug-likeness (QED) is 0.800. The number of amidine groups is 1. The molecule has 6 nitrogen and oxygen atoms in total. The van der Waals surface area contributed by atoms with E-state index in [0.29, 0.717) is 29.5 Å². The van der Waals surface area contributed by atoms with Gasteiger partial charge in [-0.2, -0.15) is 0 Å². The molecule has 2 aliphatic heterocycles. The molecule has 0 radical (unpaired) electrons. The number of aliphatic carboxylic acids is 1. The number of ether oxygens (including phenoxy) is 1. The van der Waals surface area contributed by atoms with Crippen LogP contribution in [0.15, 0.2) is 47.5 Å². The molecule has 4 rings (SSSR count).